The highest BCUT2D eigenvalue weighted by Gasteiger charge is 2.32. The van der Waals surface area contributed by atoms with Gasteiger partial charge in [0.2, 0.25) is 0 Å². The molecule has 6 heteroatoms. The molecule has 0 atom stereocenters. The number of ether oxygens (including phenoxy) is 1. The maximum atomic E-state index is 12.4. The molecule has 0 aliphatic carbocycles. The zero-order valence-corrected chi connectivity index (χ0v) is 10.7. The zero-order valence-electron chi connectivity index (χ0n) is 9.91. The minimum absolute atomic E-state index is 0.173. The first-order chi connectivity index (χ1) is 9.40. The summed E-state index contributed by atoms with van der Waals surface area (Å²) >= 11 is 5.98. The number of para-hydroxylation sites is 1. The van der Waals surface area contributed by atoms with Gasteiger partial charge < -0.3 is 4.74 Å². The standard InChI is InChI=1S/C14H7ClF3NO/c15-12-6-5-9(8-19)7-11(12)10-3-1-2-4-13(10)20-14(16,17)18/h1-7H. The summed E-state index contributed by atoms with van der Waals surface area (Å²) in [5.74, 6) is -0.364. The molecule has 0 saturated heterocycles. The van der Waals surface area contributed by atoms with Crippen molar-refractivity contribution in [1.29, 1.82) is 5.26 Å². The van der Waals surface area contributed by atoms with E-state index < -0.39 is 6.36 Å². The van der Waals surface area contributed by atoms with Crippen LogP contribution >= 0.6 is 11.6 Å². The fraction of sp³-hybridized carbons (Fsp3) is 0.0714. The monoisotopic (exact) mass is 297 g/mol. The van der Waals surface area contributed by atoms with Crippen molar-refractivity contribution >= 4 is 11.6 Å². The molecule has 20 heavy (non-hydrogen) atoms. The minimum Gasteiger partial charge on any atom is -0.405 e. The van der Waals surface area contributed by atoms with E-state index in [9.17, 15) is 13.2 Å². The lowest BCUT2D eigenvalue weighted by Crippen LogP contribution is -2.17. The molecule has 2 rings (SSSR count). The third kappa shape index (κ3) is 3.22. The lowest BCUT2D eigenvalue weighted by Gasteiger charge is -2.14. The summed E-state index contributed by atoms with van der Waals surface area (Å²) in [5, 5.41) is 9.09. The van der Waals surface area contributed by atoms with Crippen LogP contribution in [0.1, 0.15) is 5.56 Å². The van der Waals surface area contributed by atoms with Gasteiger partial charge in [0.05, 0.1) is 11.6 Å². The first-order valence-corrected chi connectivity index (χ1v) is 5.83. The second kappa shape index (κ2) is 5.43. The first-order valence-electron chi connectivity index (χ1n) is 5.45. The van der Waals surface area contributed by atoms with Crippen LogP contribution in [0.15, 0.2) is 42.5 Å². The average molecular weight is 298 g/mol. The summed E-state index contributed by atoms with van der Waals surface area (Å²) < 4.78 is 41.1. The van der Waals surface area contributed by atoms with Gasteiger partial charge in [-0.2, -0.15) is 5.26 Å². The van der Waals surface area contributed by atoms with Crippen LogP contribution in [0.4, 0.5) is 13.2 Å². The summed E-state index contributed by atoms with van der Waals surface area (Å²) in [7, 11) is 0. The van der Waals surface area contributed by atoms with E-state index in [1.807, 2.05) is 6.07 Å². The lowest BCUT2D eigenvalue weighted by atomic mass is 10.0. The lowest BCUT2D eigenvalue weighted by molar-refractivity contribution is -0.274. The Kier molecular flexibility index (Phi) is 3.86. The molecular formula is C14H7ClF3NO. The molecule has 2 aromatic rings. The number of nitriles is 1. The van der Waals surface area contributed by atoms with Crippen LogP contribution in [-0.4, -0.2) is 6.36 Å². The van der Waals surface area contributed by atoms with Crippen LogP contribution in [0.5, 0.6) is 5.75 Å². The van der Waals surface area contributed by atoms with Crippen molar-refractivity contribution in [3.05, 3.63) is 53.1 Å². The van der Waals surface area contributed by atoms with E-state index in [1.165, 1.54) is 36.4 Å². The molecule has 0 unspecified atom stereocenters. The highest BCUT2D eigenvalue weighted by molar-refractivity contribution is 6.33. The van der Waals surface area contributed by atoms with E-state index in [-0.39, 0.29) is 16.3 Å². The predicted molar refractivity (Wildman–Crippen MR) is 68.3 cm³/mol. The maximum Gasteiger partial charge on any atom is 0.573 e. The SMILES string of the molecule is N#Cc1ccc(Cl)c(-c2ccccc2OC(F)(F)F)c1. The average Bonchev–Trinajstić information content (AvgIpc) is 2.38. The maximum absolute atomic E-state index is 12.4. The molecule has 0 heterocycles. The van der Waals surface area contributed by atoms with Crippen molar-refractivity contribution in [2.24, 2.45) is 0 Å². The zero-order chi connectivity index (χ0) is 14.8. The van der Waals surface area contributed by atoms with Crippen molar-refractivity contribution in [3.8, 4) is 22.9 Å². The Labute approximate surface area is 118 Å². The summed E-state index contributed by atoms with van der Waals surface area (Å²) in [6.07, 6.45) is -4.80. The topological polar surface area (TPSA) is 33.0 Å². The van der Waals surface area contributed by atoms with E-state index in [0.29, 0.717) is 11.1 Å². The van der Waals surface area contributed by atoms with Crippen LogP contribution in [0, 0.1) is 11.3 Å². The van der Waals surface area contributed by atoms with Crippen LogP contribution in [0.3, 0.4) is 0 Å². The van der Waals surface area contributed by atoms with Crippen LogP contribution < -0.4 is 4.74 Å². The van der Waals surface area contributed by atoms with Crippen LogP contribution in [0.2, 0.25) is 5.02 Å². The summed E-state index contributed by atoms with van der Waals surface area (Å²) in [6, 6.07) is 11.9. The number of hydrogen-bond acceptors (Lipinski definition) is 2. The Morgan fingerprint density at radius 2 is 1.75 bits per heavy atom. The van der Waals surface area contributed by atoms with Crippen molar-refractivity contribution in [1.82, 2.24) is 0 Å². The van der Waals surface area contributed by atoms with E-state index in [2.05, 4.69) is 4.74 Å². The Morgan fingerprint density at radius 1 is 1.05 bits per heavy atom. The van der Waals surface area contributed by atoms with Gasteiger partial charge in [-0.15, -0.1) is 13.2 Å². The summed E-state index contributed by atoms with van der Waals surface area (Å²) in [5.41, 5.74) is 0.781. The highest BCUT2D eigenvalue weighted by Crippen LogP contribution is 2.37. The molecule has 0 bridgehead atoms. The molecule has 0 radical (unpaired) electrons. The van der Waals surface area contributed by atoms with Gasteiger partial charge in [0.25, 0.3) is 0 Å². The molecule has 0 aliphatic heterocycles. The second-order valence-corrected chi connectivity index (χ2v) is 4.26. The predicted octanol–water partition coefficient (Wildman–Crippen LogP) is 4.78. The Balaban J connectivity index is 2.56. The Hall–Kier alpha value is -2.19. The van der Waals surface area contributed by atoms with Gasteiger partial charge in [-0.25, -0.2) is 0 Å². The van der Waals surface area contributed by atoms with Gasteiger partial charge in [-0.05, 0) is 24.3 Å². The van der Waals surface area contributed by atoms with Gasteiger partial charge >= 0.3 is 6.36 Å². The largest absolute Gasteiger partial charge is 0.573 e. The van der Waals surface area contributed by atoms with Crippen LogP contribution in [-0.2, 0) is 0 Å². The molecule has 0 N–H and O–H groups in total. The number of hydrogen-bond donors (Lipinski definition) is 0. The third-order valence-electron chi connectivity index (χ3n) is 2.50. The molecule has 0 aromatic heterocycles. The first kappa shape index (κ1) is 14.2. The summed E-state index contributed by atoms with van der Waals surface area (Å²) in [6.45, 7) is 0. The van der Waals surface area contributed by atoms with Gasteiger partial charge in [0, 0.05) is 16.1 Å². The van der Waals surface area contributed by atoms with Crippen molar-refractivity contribution < 1.29 is 17.9 Å². The quantitative estimate of drug-likeness (QED) is 0.799. The normalized spacial score (nSPS) is 10.9. The van der Waals surface area contributed by atoms with Gasteiger partial charge in [-0.1, -0.05) is 29.8 Å². The van der Waals surface area contributed by atoms with E-state index >= 15 is 0 Å². The minimum atomic E-state index is -4.80. The number of halogens is 4. The smallest absolute Gasteiger partial charge is 0.405 e. The van der Waals surface area contributed by atoms with Gasteiger partial charge in [-0.3, -0.25) is 0 Å². The Morgan fingerprint density at radius 3 is 2.40 bits per heavy atom. The van der Waals surface area contributed by atoms with Crippen molar-refractivity contribution in [2.45, 2.75) is 6.36 Å². The highest BCUT2D eigenvalue weighted by atomic mass is 35.5. The molecule has 0 spiro atoms. The summed E-state index contributed by atoms with van der Waals surface area (Å²) in [4.78, 5) is 0. The molecule has 0 fully saturated rings. The van der Waals surface area contributed by atoms with Crippen molar-refractivity contribution in [2.75, 3.05) is 0 Å². The van der Waals surface area contributed by atoms with Gasteiger partial charge in [0.15, 0.2) is 0 Å². The molecule has 2 aromatic carbocycles. The Bertz CT molecular complexity index is 677. The number of benzene rings is 2. The molecule has 0 saturated carbocycles. The number of nitrogens with zero attached hydrogens (tertiary/aromatic N) is 1. The van der Waals surface area contributed by atoms with E-state index in [4.69, 9.17) is 16.9 Å². The fourth-order valence-electron chi connectivity index (χ4n) is 1.70. The van der Waals surface area contributed by atoms with Crippen LogP contribution in [0.25, 0.3) is 11.1 Å². The molecule has 2 nitrogen and oxygen atoms in total. The van der Waals surface area contributed by atoms with E-state index in [1.54, 1.807) is 6.07 Å². The van der Waals surface area contributed by atoms with Gasteiger partial charge in [0.1, 0.15) is 5.75 Å². The van der Waals surface area contributed by atoms with E-state index in [0.717, 1.165) is 0 Å². The third-order valence-corrected chi connectivity index (χ3v) is 2.83. The van der Waals surface area contributed by atoms with Crippen molar-refractivity contribution in [3.63, 3.8) is 0 Å². The fourth-order valence-corrected chi connectivity index (χ4v) is 1.92. The number of alkyl halides is 3. The molecule has 0 amide bonds. The molecule has 102 valence electrons. The molecule has 0 aliphatic rings. The molecular weight excluding hydrogens is 291 g/mol. The number of rotatable bonds is 2. The second-order valence-electron chi connectivity index (χ2n) is 3.85.